The number of rotatable bonds is 5. The van der Waals surface area contributed by atoms with Gasteiger partial charge >= 0.3 is 6.18 Å². The topological polar surface area (TPSA) is 133 Å². The summed E-state index contributed by atoms with van der Waals surface area (Å²) < 4.78 is 38.5. The van der Waals surface area contributed by atoms with Crippen molar-refractivity contribution in [1.29, 1.82) is 0 Å². The molecule has 8 nitrogen and oxygen atoms in total. The van der Waals surface area contributed by atoms with Crippen LogP contribution >= 0.6 is 0 Å². The number of aromatic nitrogens is 4. The Morgan fingerprint density at radius 3 is 2.41 bits per heavy atom. The van der Waals surface area contributed by atoms with E-state index in [0.717, 1.165) is 17.8 Å². The van der Waals surface area contributed by atoms with Crippen molar-refractivity contribution in [2.45, 2.75) is 19.1 Å². The summed E-state index contributed by atoms with van der Waals surface area (Å²) in [6.45, 7) is 1.82. The Hall–Kier alpha value is -3.60. The predicted octanol–water partition coefficient (Wildman–Crippen LogP) is 2.49. The van der Waals surface area contributed by atoms with E-state index < -0.39 is 23.8 Å². The van der Waals surface area contributed by atoms with E-state index in [1.54, 1.807) is 12.1 Å². The summed E-state index contributed by atoms with van der Waals surface area (Å²) in [5.41, 5.74) is 12.3. The van der Waals surface area contributed by atoms with Gasteiger partial charge in [0.2, 0.25) is 11.9 Å². The summed E-state index contributed by atoms with van der Waals surface area (Å²) in [4.78, 5) is 26.5. The van der Waals surface area contributed by atoms with Crippen molar-refractivity contribution in [3.63, 3.8) is 0 Å². The van der Waals surface area contributed by atoms with Gasteiger partial charge in [0.25, 0.3) is 0 Å². The number of nitrogens with one attached hydrogen (secondary N) is 1. The van der Waals surface area contributed by atoms with Crippen LogP contribution in [0.1, 0.15) is 23.1 Å². The molecule has 0 aliphatic heterocycles. The van der Waals surface area contributed by atoms with Crippen LogP contribution in [0.25, 0.3) is 11.1 Å². The minimum Gasteiger partial charge on any atom is -0.368 e. The normalized spacial score (nSPS) is 12.4. The number of benzene rings is 1. The fourth-order valence-electron chi connectivity index (χ4n) is 2.50. The van der Waals surface area contributed by atoms with Crippen LogP contribution in [0.5, 0.6) is 0 Å². The van der Waals surface area contributed by atoms with Crippen LogP contribution in [-0.4, -0.2) is 25.8 Å². The van der Waals surface area contributed by atoms with E-state index in [1.165, 1.54) is 12.4 Å². The molecule has 0 bridgehead atoms. The van der Waals surface area contributed by atoms with Crippen LogP contribution in [0.3, 0.4) is 0 Å². The lowest BCUT2D eigenvalue weighted by molar-refractivity contribution is -0.141. The van der Waals surface area contributed by atoms with E-state index in [9.17, 15) is 18.0 Å². The van der Waals surface area contributed by atoms with Crippen molar-refractivity contribution < 1.29 is 18.0 Å². The second-order valence-electron chi connectivity index (χ2n) is 6.19. The molecule has 5 N–H and O–H groups in total. The first-order valence-electron chi connectivity index (χ1n) is 8.29. The Labute approximate surface area is 163 Å². The van der Waals surface area contributed by atoms with Gasteiger partial charge in [-0.15, -0.1) is 0 Å². The summed E-state index contributed by atoms with van der Waals surface area (Å²) in [6, 6.07) is 4.93. The monoisotopic (exact) mass is 403 g/mol. The molecule has 1 aromatic carbocycles. The highest BCUT2D eigenvalue weighted by molar-refractivity contribution is 5.80. The Balaban J connectivity index is 1.88. The van der Waals surface area contributed by atoms with E-state index in [-0.39, 0.29) is 11.8 Å². The number of carbonyl (C=O) groups is 1. The van der Waals surface area contributed by atoms with Crippen LogP contribution in [0, 0.1) is 6.92 Å². The SMILES string of the molecule is Cc1cc(Nc2nccc(C(F)(F)F)n2)cc(-c2cnc(C(N)C(N)=O)nc2)c1. The molecule has 0 aliphatic carbocycles. The van der Waals surface area contributed by atoms with E-state index in [2.05, 4.69) is 25.3 Å². The maximum atomic E-state index is 12.8. The molecule has 0 saturated carbocycles. The molecule has 11 heteroatoms. The fraction of sp³-hybridized carbons (Fsp3) is 0.167. The minimum absolute atomic E-state index is 0.0876. The molecule has 1 amide bonds. The number of hydrogen-bond acceptors (Lipinski definition) is 7. The first kappa shape index (κ1) is 20.1. The average Bonchev–Trinajstić information content (AvgIpc) is 2.66. The van der Waals surface area contributed by atoms with Gasteiger partial charge in [-0.2, -0.15) is 13.2 Å². The average molecular weight is 403 g/mol. The first-order valence-corrected chi connectivity index (χ1v) is 8.29. The summed E-state index contributed by atoms with van der Waals surface area (Å²) in [5, 5.41) is 2.77. The summed E-state index contributed by atoms with van der Waals surface area (Å²) >= 11 is 0. The van der Waals surface area contributed by atoms with Gasteiger partial charge in [-0.3, -0.25) is 4.79 Å². The highest BCUT2D eigenvalue weighted by atomic mass is 19.4. The Morgan fingerprint density at radius 2 is 1.79 bits per heavy atom. The van der Waals surface area contributed by atoms with Gasteiger partial charge in [-0.05, 0) is 36.2 Å². The van der Waals surface area contributed by atoms with Gasteiger partial charge < -0.3 is 16.8 Å². The maximum Gasteiger partial charge on any atom is 0.433 e. The van der Waals surface area contributed by atoms with Gasteiger partial charge in [-0.1, -0.05) is 6.07 Å². The molecule has 3 rings (SSSR count). The lowest BCUT2D eigenvalue weighted by Gasteiger charge is -2.11. The highest BCUT2D eigenvalue weighted by Crippen LogP contribution is 2.29. The van der Waals surface area contributed by atoms with Crippen LogP contribution in [0.4, 0.5) is 24.8 Å². The molecule has 1 unspecified atom stereocenters. The standard InChI is InChI=1S/C18H16F3N7O/c1-9-4-10(11-7-25-16(26-8-11)14(22)15(23)29)6-12(5-9)27-17-24-3-2-13(28-17)18(19,20)21/h2-8,14H,22H2,1H3,(H2,23,29)(H,24,27,28). The van der Waals surface area contributed by atoms with E-state index >= 15 is 0 Å². The molecule has 3 aromatic rings. The largest absolute Gasteiger partial charge is 0.433 e. The number of primary amides is 1. The predicted molar refractivity (Wildman–Crippen MR) is 98.6 cm³/mol. The lowest BCUT2D eigenvalue weighted by atomic mass is 10.1. The fourth-order valence-corrected chi connectivity index (χ4v) is 2.50. The molecule has 0 fully saturated rings. The molecule has 2 aromatic heterocycles. The van der Waals surface area contributed by atoms with E-state index in [4.69, 9.17) is 11.5 Å². The van der Waals surface area contributed by atoms with Crippen LogP contribution in [0.15, 0.2) is 42.9 Å². The maximum absolute atomic E-state index is 12.8. The number of anilines is 2. The van der Waals surface area contributed by atoms with Gasteiger partial charge in [0.1, 0.15) is 11.7 Å². The van der Waals surface area contributed by atoms with Gasteiger partial charge in [0.05, 0.1) is 0 Å². The Morgan fingerprint density at radius 1 is 1.10 bits per heavy atom. The van der Waals surface area contributed by atoms with Crippen LogP contribution < -0.4 is 16.8 Å². The van der Waals surface area contributed by atoms with Crippen molar-refractivity contribution in [1.82, 2.24) is 19.9 Å². The summed E-state index contributed by atoms with van der Waals surface area (Å²) in [5.74, 6) is -0.846. The van der Waals surface area contributed by atoms with Crippen molar-refractivity contribution in [2.24, 2.45) is 11.5 Å². The van der Waals surface area contributed by atoms with Crippen molar-refractivity contribution in [3.8, 4) is 11.1 Å². The second kappa shape index (κ2) is 7.80. The second-order valence-corrected chi connectivity index (χ2v) is 6.19. The number of aryl methyl sites for hydroxylation is 1. The van der Waals surface area contributed by atoms with Crippen molar-refractivity contribution in [2.75, 3.05) is 5.32 Å². The molecular weight excluding hydrogens is 387 g/mol. The number of carbonyl (C=O) groups excluding carboxylic acids is 1. The molecule has 29 heavy (non-hydrogen) atoms. The number of amides is 1. The van der Waals surface area contributed by atoms with Gasteiger partial charge in [-0.25, -0.2) is 19.9 Å². The zero-order valence-electron chi connectivity index (χ0n) is 15.1. The van der Waals surface area contributed by atoms with E-state index in [0.29, 0.717) is 16.8 Å². The molecule has 0 aliphatic rings. The molecule has 0 saturated heterocycles. The number of nitrogens with two attached hydrogens (primary N) is 2. The Kier molecular flexibility index (Phi) is 5.41. The van der Waals surface area contributed by atoms with Crippen molar-refractivity contribution in [3.05, 3.63) is 59.9 Å². The van der Waals surface area contributed by atoms with Gasteiger partial charge in [0.15, 0.2) is 5.82 Å². The smallest absolute Gasteiger partial charge is 0.368 e. The first-order chi connectivity index (χ1) is 13.6. The minimum atomic E-state index is -4.57. The quantitative estimate of drug-likeness (QED) is 0.596. The highest BCUT2D eigenvalue weighted by Gasteiger charge is 2.32. The third kappa shape index (κ3) is 4.82. The van der Waals surface area contributed by atoms with Crippen LogP contribution in [-0.2, 0) is 11.0 Å². The Bertz CT molecular complexity index is 1040. The van der Waals surface area contributed by atoms with Crippen LogP contribution in [0.2, 0.25) is 0 Å². The number of nitrogens with zero attached hydrogens (tertiary/aromatic N) is 4. The third-order valence-corrected chi connectivity index (χ3v) is 3.87. The molecule has 0 spiro atoms. The zero-order chi connectivity index (χ0) is 21.2. The molecule has 1 atom stereocenters. The van der Waals surface area contributed by atoms with Crippen molar-refractivity contribution >= 4 is 17.5 Å². The molecule has 0 radical (unpaired) electrons. The lowest BCUT2D eigenvalue weighted by Crippen LogP contribution is -2.29. The zero-order valence-corrected chi connectivity index (χ0v) is 15.1. The molecule has 2 heterocycles. The number of alkyl halides is 3. The summed E-state index contributed by atoms with van der Waals surface area (Å²) in [6.07, 6.45) is -0.583. The number of halogens is 3. The van der Waals surface area contributed by atoms with E-state index in [1.807, 2.05) is 13.0 Å². The summed E-state index contributed by atoms with van der Waals surface area (Å²) in [7, 11) is 0. The number of hydrogen-bond donors (Lipinski definition) is 3. The molecular formula is C18H16F3N7O. The van der Waals surface area contributed by atoms with Gasteiger partial charge in [0, 0.05) is 29.8 Å². The molecule has 150 valence electrons. The third-order valence-electron chi connectivity index (χ3n) is 3.87.